The lowest BCUT2D eigenvalue weighted by molar-refractivity contribution is 0.0514. The van der Waals surface area contributed by atoms with Gasteiger partial charge in [0.1, 0.15) is 13.7 Å². The van der Waals surface area contributed by atoms with Crippen LogP contribution in [0.25, 0.3) is 0 Å². The predicted octanol–water partition coefficient (Wildman–Crippen LogP) is 2.90. The average Bonchev–Trinajstić information content (AvgIpc) is 2.58. The lowest BCUT2D eigenvalue weighted by Gasteiger charge is -2.18. The fourth-order valence-corrected chi connectivity index (χ4v) is 1.57. The Bertz CT molecular complexity index is 496. The first-order chi connectivity index (χ1) is 8.07. The minimum absolute atomic E-state index is 0.483. The highest BCUT2D eigenvalue weighted by Gasteiger charge is 2.18. The average molecular weight is 264 g/mol. The summed E-state index contributed by atoms with van der Waals surface area (Å²) in [6.07, 6.45) is 2.70. The Morgan fingerprint density at radius 2 is 2.00 bits per heavy atom. The second-order valence-electron chi connectivity index (χ2n) is 6.15. The largest absolute Gasteiger partial charge is 0.442 e. The van der Waals surface area contributed by atoms with Gasteiger partial charge in [-0.2, -0.15) is 9.78 Å². The first-order valence-electron chi connectivity index (χ1n) is 5.88. The van der Waals surface area contributed by atoms with Crippen molar-refractivity contribution in [3.63, 3.8) is 0 Å². The number of ether oxygens (including phenoxy) is 1. The smallest absolute Gasteiger partial charge is 0.435 e. The van der Waals surface area contributed by atoms with Crippen molar-refractivity contribution in [3.8, 4) is 11.5 Å². The molecule has 0 saturated heterocycles. The van der Waals surface area contributed by atoms with Gasteiger partial charge in [0.2, 0.25) is 0 Å². The van der Waals surface area contributed by atoms with Gasteiger partial charge in [-0.25, -0.2) is 4.79 Å². The molecule has 1 aromatic rings. The Morgan fingerprint density at radius 3 is 2.50 bits per heavy atom. The van der Waals surface area contributed by atoms with Crippen LogP contribution in [0.4, 0.5) is 4.79 Å². The van der Waals surface area contributed by atoms with Crippen LogP contribution in [-0.4, -0.2) is 29.5 Å². The van der Waals surface area contributed by atoms with Crippen LogP contribution in [0.5, 0.6) is 0 Å². The van der Waals surface area contributed by atoms with Gasteiger partial charge in [-0.1, -0.05) is 25.6 Å². The molecule has 1 aromatic heterocycles. The molecule has 0 radical (unpaired) electrons. The molecular weight excluding hydrogens is 244 g/mol. The Balaban J connectivity index is 2.80. The first-order valence-corrected chi connectivity index (χ1v) is 9.38. The monoisotopic (exact) mass is 264 g/mol. The number of carbonyl (C=O) groups excluding carboxylic acids is 1. The van der Waals surface area contributed by atoms with Crippen LogP contribution in [0.3, 0.4) is 0 Å². The third-order valence-corrected chi connectivity index (χ3v) is 2.62. The Kier molecular flexibility index (Phi) is 4.02. The van der Waals surface area contributed by atoms with Crippen LogP contribution in [0.1, 0.15) is 26.3 Å². The van der Waals surface area contributed by atoms with Crippen molar-refractivity contribution in [1.82, 2.24) is 9.78 Å². The zero-order chi connectivity index (χ0) is 14.0. The molecule has 0 atom stereocenters. The third-order valence-electron chi connectivity index (χ3n) is 1.74. The maximum atomic E-state index is 11.7. The summed E-state index contributed by atoms with van der Waals surface area (Å²) in [5.74, 6) is 3.04. The van der Waals surface area contributed by atoms with Crippen LogP contribution in [0.15, 0.2) is 12.4 Å². The summed E-state index contributed by atoms with van der Waals surface area (Å²) in [4.78, 5) is 11.7. The maximum Gasteiger partial charge on any atom is 0.435 e. The number of nitrogens with zero attached hydrogens (tertiary/aromatic N) is 2. The molecule has 0 amide bonds. The normalized spacial score (nSPS) is 11.7. The minimum atomic E-state index is -1.41. The number of carbonyl (C=O) groups is 1. The van der Waals surface area contributed by atoms with Gasteiger partial charge >= 0.3 is 6.09 Å². The second kappa shape index (κ2) is 4.98. The highest BCUT2D eigenvalue weighted by atomic mass is 28.3. The van der Waals surface area contributed by atoms with E-state index in [-0.39, 0.29) is 0 Å². The summed E-state index contributed by atoms with van der Waals surface area (Å²) in [5.41, 5.74) is 3.44. The molecule has 1 heterocycles. The maximum absolute atomic E-state index is 11.7. The molecule has 0 aliphatic carbocycles. The zero-order valence-corrected chi connectivity index (χ0v) is 12.9. The Morgan fingerprint density at radius 1 is 1.39 bits per heavy atom. The van der Waals surface area contributed by atoms with E-state index < -0.39 is 19.8 Å². The quantitative estimate of drug-likeness (QED) is 0.534. The Labute approximate surface area is 109 Å². The van der Waals surface area contributed by atoms with Gasteiger partial charge in [-0.15, -0.1) is 5.54 Å². The molecule has 5 heteroatoms. The molecule has 0 saturated carbocycles. The molecule has 0 N–H and O–H groups in total. The second-order valence-corrected chi connectivity index (χ2v) is 10.9. The molecule has 0 unspecified atom stereocenters. The molecule has 18 heavy (non-hydrogen) atoms. The number of aromatic nitrogens is 2. The van der Waals surface area contributed by atoms with Gasteiger partial charge < -0.3 is 4.74 Å². The molecule has 4 nitrogen and oxygen atoms in total. The predicted molar refractivity (Wildman–Crippen MR) is 74.1 cm³/mol. The van der Waals surface area contributed by atoms with Gasteiger partial charge in [0.15, 0.2) is 0 Å². The summed E-state index contributed by atoms with van der Waals surface area (Å²) in [6, 6.07) is 0. The first kappa shape index (κ1) is 14.5. The van der Waals surface area contributed by atoms with Gasteiger partial charge in [0.25, 0.3) is 0 Å². The summed E-state index contributed by atoms with van der Waals surface area (Å²) in [6.45, 7) is 12.0. The van der Waals surface area contributed by atoms with E-state index in [1.54, 1.807) is 12.4 Å². The van der Waals surface area contributed by atoms with E-state index in [4.69, 9.17) is 4.74 Å². The lowest BCUT2D eigenvalue weighted by atomic mass is 10.2. The summed E-state index contributed by atoms with van der Waals surface area (Å²) >= 11 is 0. The summed E-state index contributed by atoms with van der Waals surface area (Å²) in [7, 11) is -1.41. The van der Waals surface area contributed by atoms with E-state index in [9.17, 15) is 4.79 Å². The van der Waals surface area contributed by atoms with Crippen LogP contribution >= 0.6 is 0 Å². The highest BCUT2D eigenvalue weighted by molar-refractivity contribution is 6.83. The summed E-state index contributed by atoms with van der Waals surface area (Å²) < 4.78 is 6.38. The fourth-order valence-electron chi connectivity index (χ4n) is 1.06. The van der Waals surface area contributed by atoms with E-state index in [2.05, 4.69) is 36.2 Å². The van der Waals surface area contributed by atoms with E-state index in [1.807, 2.05) is 20.8 Å². The number of rotatable bonds is 0. The molecule has 0 bridgehead atoms. The summed E-state index contributed by atoms with van der Waals surface area (Å²) in [5, 5.41) is 3.96. The standard InChI is InChI=1S/C13H20N2O2Si/c1-13(2,3)17-12(16)15-10-11(9-14-15)7-8-18(4,5)6/h9-10H,1-6H3. The molecule has 0 fully saturated rings. The van der Waals surface area contributed by atoms with Crippen molar-refractivity contribution < 1.29 is 9.53 Å². The van der Waals surface area contributed by atoms with E-state index in [1.165, 1.54) is 4.68 Å². The fraction of sp³-hybridized carbons (Fsp3) is 0.538. The number of hydrogen-bond acceptors (Lipinski definition) is 3. The third kappa shape index (κ3) is 5.19. The van der Waals surface area contributed by atoms with Crippen molar-refractivity contribution in [2.75, 3.05) is 0 Å². The molecule has 0 aliphatic heterocycles. The van der Waals surface area contributed by atoms with Gasteiger partial charge in [-0.3, -0.25) is 0 Å². The van der Waals surface area contributed by atoms with Crippen molar-refractivity contribution >= 4 is 14.2 Å². The molecule has 0 aromatic carbocycles. The molecule has 98 valence electrons. The molecular formula is C13H20N2O2Si. The highest BCUT2D eigenvalue weighted by Crippen LogP contribution is 2.09. The van der Waals surface area contributed by atoms with E-state index in [0.717, 1.165) is 5.56 Å². The van der Waals surface area contributed by atoms with Gasteiger partial charge in [0.05, 0.1) is 18.0 Å². The van der Waals surface area contributed by atoms with Gasteiger partial charge in [-0.05, 0) is 20.8 Å². The van der Waals surface area contributed by atoms with Crippen molar-refractivity contribution in [2.45, 2.75) is 46.0 Å². The SMILES string of the molecule is CC(C)(C)OC(=O)n1cc(C#C[Si](C)(C)C)cn1. The van der Waals surface area contributed by atoms with E-state index in [0.29, 0.717) is 0 Å². The van der Waals surface area contributed by atoms with Crippen molar-refractivity contribution in [2.24, 2.45) is 0 Å². The lowest BCUT2D eigenvalue weighted by Crippen LogP contribution is -2.27. The van der Waals surface area contributed by atoms with Crippen molar-refractivity contribution in [3.05, 3.63) is 18.0 Å². The van der Waals surface area contributed by atoms with Crippen LogP contribution in [0, 0.1) is 11.5 Å². The molecule has 0 spiro atoms. The Hall–Kier alpha value is -1.54. The minimum Gasteiger partial charge on any atom is -0.442 e. The van der Waals surface area contributed by atoms with Crippen LogP contribution in [0.2, 0.25) is 19.6 Å². The van der Waals surface area contributed by atoms with Crippen molar-refractivity contribution in [1.29, 1.82) is 0 Å². The molecule has 1 rings (SSSR count). The topological polar surface area (TPSA) is 44.1 Å². The zero-order valence-electron chi connectivity index (χ0n) is 11.9. The van der Waals surface area contributed by atoms with Gasteiger partial charge in [0, 0.05) is 0 Å². The van der Waals surface area contributed by atoms with Crippen LogP contribution < -0.4 is 0 Å². The number of hydrogen-bond donors (Lipinski definition) is 0. The molecule has 0 aliphatic rings. The van der Waals surface area contributed by atoms with Crippen LogP contribution in [-0.2, 0) is 4.74 Å². The van der Waals surface area contributed by atoms with E-state index >= 15 is 0 Å².